The van der Waals surface area contributed by atoms with E-state index < -0.39 is 27.1 Å². The summed E-state index contributed by atoms with van der Waals surface area (Å²) in [4.78, 5) is 43.9. The molecule has 0 aliphatic carbocycles. The van der Waals surface area contributed by atoms with Gasteiger partial charge in [0.25, 0.3) is 0 Å². The van der Waals surface area contributed by atoms with Crippen LogP contribution in [-0.2, 0) is 30.8 Å². The first-order valence-electron chi connectivity index (χ1n) is 12.9. The average molecular weight is 627 g/mol. The fourth-order valence-electron chi connectivity index (χ4n) is 4.23. The van der Waals surface area contributed by atoms with Gasteiger partial charge in [0, 0.05) is 19.0 Å². The molecule has 1 aliphatic rings. The number of nitrogens with two attached hydrogens (primary N) is 1. The average Bonchev–Trinajstić information content (AvgIpc) is 3.28. The first-order valence-corrected chi connectivity index (χ1v) is 15.3. The van der Waals surface area contributed by atoms with Gasteiger partial charge in [-0.3, -0.25) is 14.6 Å². The van der Waals surface area contributed by atoms with E-state index in [0.29, 0.717) is 40.0 Å². The summed E-state index contributed by atoms with van der Waals surface area (Å²) in [6, 6.07) is 17.4. The van der Waals surface area contributed by atoms with Crippen LogP contribution in [0, 0.1) is 0 Å². The lowest BCUT2D eigenvalue weighted by Crippen LogP contribution is -2.31. The number of aliphatic imine (C=N–C) groups is 1. The van der Waals surface area contributed by atoms with E-state index in [1.807, 2.05) is 0 Å². The number of esters is 1. The van der Waals surface area contributed by atoms with Gasteiger partial charge in [-0.25, -0.2) is 23.3 Å². The molecule has 0 saturated carbocycles. The summed E-state index contributed by atoms with van der Waals surface area (Å²) in [7, 11) is 0.517. The van der Waals surface area contributed by atoms with Crippen molar-refractivity contribution in [1.82, 2.24) is 0 Å². The molecule has 1 fully saturated rings. The van der Waals surface area contributed by atoms with Crippen molar-refractivity contribution in [1.29, 1.82) is 0 Å². The molecule has 3 N–H and O–H groups in total. The maximum atomic E-state index is 13.4. The van der Waals surface area contributed by atoms with E-state index in [2.05, 4.69) is 10.3 Å². The third-order valence-electron chi connectivity index (χ3n) is 6.46. The number of hydrogen-bond acceptors (Lipinski definition) is 10. The molecule has 4 rings (SSSR count). The number of rotatable bonds is 10. The molecule has 1 heterocycles. The number of imide groups is 1. The Labute approximate surface area is 253 Å². The number of primary sulfonamides is 1. The Morgan fingerprint density at radius 1 is 1.02 bits per heavy atom. The molecule has 2 amide bonds. The summed E-state index contributed by atoms with van der Waals surface area (Å²) < 4.78 is 38.6. The number of carbonyl (C=O) groups excluding carboxylic acids is 3. The third-order valence-corrected chi connectivity index (χ3v) is 8.50. The van der Waals surface area contributed by atoms with E-state index in [1.54, 1.807) is 30.3 Å². The van der Waals surface area contributed by atoms with Crippen LogP contribution < -0.4 is 24.8 Å². The highest BCUT2D eigenvalue weighted by Gasteiger charge is 2.41. The number of amides is 2. The molecule has 14 heteroatoms. The Hall–Kier alpha value is -4.40. The Kier molecular flexibility index (Phi) is 10.1. The van der Waals surface area contributed by atoms with Gasteiger partial charge in [-0.1, -0.05) is 23.9 Å². The van der Waals surface area contributed by atoms with Gasteiger partial charge in [0.2, 0.25) is 21.8 Å². The SMILES string of the molecule is COC(=O)c1ccc(N2C(=O)CC(SC(=NCCc3ccc(S(N)(=O)=O)cc3)Nc3cc(OC)ccc3OC)C2=O)cc1. The molecule has 1 atom stereocenters. The van der Waals surface area contributed by atoms with Gasteiger partial charge in [-0.2, -0.15) is 0 Å². The minimum Gasteiger partial charge on any atom is -0.497 e. The number of benzene rings is 3. The normalized spacial score (nSPS) is 15.4. The monoisotopic (exact) mass is 626 g/mol. The second-order valence-electron chi connectivity index (χ2n) is 9.23. The minimum absolute atomic E-state index is 0.0108. The predicted molar refractivity (Wildman–Crippen MR) is 163 cm³/mol. The Balaban J connectivity index is 1.56. The summed E-state index contributed by atoms with van der Waals surface area (Å²) >= 11 is 1.10. The first kappa shape index (κ1) is 31.5. The van der Waals surface area contributed by atoms with Crippen LogP contribution in [0.3, 0.4) is 0 Å². The molecule has 0 spiro atoms. The summed E-state index contributed by atoms with van der Waals surface area (Å²) in [5, 5.41) is 7.98. The topological polar surface area (TPSA) is 167 Å². The summed E-state index contributed by atoms with van der Waals surface area (Å²) in [5.74, 6) is -0.266. The predicted octanol–water partition coefficient (Wildman–Crippen LogP) is 3.21. The van der Waals surface area contributed by atoms with Crippen molar-refractivity contribution in [3.63, 3.8) is 0 Å². The molecule has 43 heavy (non-hydrogen) atoms. The second kappa shape index (κ2) is 13.7. The van der Waals surface area contributed by atoms with Crippen molar-refractivity contribution in [2.75, 3.05) is 38.1 Å². The molecular weight excluding hydrogens is 596 g/mol. The van der Waals surface area contributed by atoms with Gasteiger partial charge in [0.15, 0.2) is 5.17 Å². The van der Waals surface area contributed by atoms with Crippen molar-refractivity contribution >= 4 is 56.1 Å². The van der Waals surface area contributed by atoms with Crippen LogP contribution in [0.2, 0.25) is 0 Å². The fourth-order valence-corrected chi connectivity index (χ4v) is 5.78. The van der Waals surface area contributed by atoms with Gasteiger partial charge in [0.05, 0.1) is 43.2 Å². The molecule has 3 aromatic carbocycles. The van der Waals surface area contributed by atoms with Gasteiger partial charge < -0.3 is 19.5 Å². The van der Waals surface area contributed by atoms with Crippen LogP contribution >= 0.6 is 11.8 Å². The zero-order valence-corrected chi connectivity index (χ0v) is 25.2. The summed E-state index contributed by atoms with van der Waals surface area (Å²) in [6.45, 7) is 0.282. The highest BCUT2D eigenvalue weighted by molar-refractivity contribution is 8.15. The smallest absolute Gasteiger partial charge is 0.337 e. The van der Waals surface area contributed by atoms with Crippen molar-refractivity contribution < 1.29 is 37.0 Å². The number of anilines is 2. The summed E-state index contributed by atoms with van der Waals surface area (Å²) in [5.41, 5.74) is 2.00. The lowest BCUT2D eigenvalue weighted by atomic mass is 10.1. The number of amidine groups is 1. The maximum absolute atomic E-state index is 13.4. The number of methoxy groups -OCH3 is 3. The number of ether oxygens (including phenoxy) is 3. The number of nitrogens with zero attached hydrogens (tertiary/aromatic N) is 2. The molecule has 1 aliphatic heterocycles. The quantitative estimate of drug-likeness (QED) is 0.148. The highest BCUT2D eigenvalue weighted by atomic mass is 32.2. The lowest BCUT2D eigenvalue weighted by Gasteiger charge is -2.17. The number of carbonyl (C=O) groups is 3. The molecule has 1 saturated heterocycles. The van der Waals surface area contributed by atoms with E-state index >= 15 is 0 Å². The molecule has 1 unspecified atom stereocenters. The van der Waals surface area contributed by atoms with Gasteiger partial charge in [0.1, 0.15) is 16.7 Å². The van der Waals surface area contributed by atoms with Crippen molar-refractivity contribution in [3.05, 3.63) is 77.9 Å². The number of thioether (sulfide) groups is 1. The zero-order valence-electron chi connectivity index (χ0n) is 23.6. The van der Waals surface area contributed by atoms with E-state index in [9.17, 15) is 22.8 Å². The third kappa shape index (κ3) is 7.71. The Morgan fingerprint density at radius 2 is 1.72 bits per heavy atom. The molecule has 3 aromatic rings. The van der Waals surface area contributed by atoms with Crippen LogP contribution in [0.1, 0.15) is 22.3 Å². The zero-order chi connectivity index (χ0) is 31.1. The molecule has 12 nitrogen and oxygen atoms in total. The van der Waals surface area contributed by atoms with E-state index in [-0.39, 0.29) is 23.8 Å². The maximum Gasteiger partial charge on any atom is 0.337 e. The Morgan fingerprint density at radius 3 is 2.33 bits per heavy atom. The highest BCUT2D eigenvalue weighted by Crippen LogP contribution is 2.34. The lowest BCUT2D eigenvalue weighted by molar-refractivity contribution is -0.121. The van der Waals surface area contributed by atoms with E-state index in [4.69, 9.17) is 19.3 Å². The minimum atomic E-state index is -3.80. The largest absolute Gasteiger partial charge is 0.497 e. The number of nitrogens with one attached hydrogen (secondary N) is 1. The molecule has 226 valence electrons. The van der Waals surface area contributed by atoms with Gasteiger partial charge in [-0.15, -0.1) is 0 Å². The van der Waals surface area contributed by atoms with Crippen molar-refractivity contribution in [3.8, 4) is 11.5 Å². The Bertz CT molecular complexity index is 1640. The number of sulfonamides is 1. The van der Waals surface area contributed by atoms with Gasteiger partial charge in [-0.05, 0) is 60.5 Å². The first-order chi connectivity index (χ1) is 20.5. The molecule has 0 bridgehead atoms. The summed E-state index contributed by atoms with van der Waals surface area (Å²) in [6.07, 6.45) is 0.398. The molecule has 0 radical (unpaired) electrons. The number of hydrogen-bond donors (Lipinski definition) is 2. The fraction of sp³-hybridized carbons (Fsp3) is 0.241. The van der Waals surface area contributed by atoms with Crippen LogP contribution in [-0.4, -0.2) is 64.5 Å². The van der Waals surface area contributed by atoms with E-state index in [1.165, 1.54) is 57.7 Å². The van der Waals surface area contributed by atoms with Crippen molar-refractivity contribution in [2.45, 2.75) is 23.0 Å². The van der Waals surface area contributed by atoms with Crippen LogP contribution in [0.25, 0.3) is 0 Å². The van der Waals surface area contributed by atoms with Crippen LogP contribution in [0.5, 0.6) is 11.5 Å². The van der Waals surface area contributed by atoms with E-state index in [0.717, 1.165) is 22.2 Å². The van der Waals surface area contributed by atoms with Crippen molar-refractivity contribution in [2.24, 2.45) is 10.1 Å². The van der Waals surface area contributed by atoms with Gasteiger partial charge >= 0.3 is 5.97 Å². The van der Waals surface area contributed by atoms with Crippen LogP contribution in [0.4, 0.5) is 11.4 Å². The second-order valence-corrected chi connectivity index (χ2v) is 12.0. The molecular formula is C29H30N4O8S2. The molecule has 0 aromatic heterocycles. The standard InChI is InChI=1S/C29H30N4O8S2/c1-39-21-10-13-24(40-2)23(16-21)32-29(31-15-14-18-4-11-22(12-5-18)43(30,37)38)42-25-17-26(34)33(27(25)35)20-8-6-19(7-9-20)28(36)41-3/h4-13,16,25H,14-15,17H2,1-3H3,(H,31,32)(H2,30,37,38). The van der Waals surface area contributed by atoms with Crippen LogP contribution in [0.15, 0.2) is 76.6 Å².